The lowest BCUT2D eigenvalue weighted by Crippen LogP contribution is -2.36. The smallest absolute Gasteiger partial charge is 0.325 e. The van der Waals surface area contributed by atoms with Gasteiger partial charge in [0, 0.05) is 23.8 Å². The Morgan fingerprint density at radius 3 is 2.77 bits per heavy atom. The molecular formula is C22H23N5O2S. The zero-order valence-electron chi connectivity index (χ0n) is 16.9. The first-order valence-electron chi connectivity index (χ1n) is 9.82. The molecule has 4 rings (SSSR count). The maximum Gasteiger partial charge on any atom is 0.325 e. The number of rotatable bonds is 6. The second-order valence-electron chi connectivity index (χ2n) is 7.01. The Kier molecular flexibility index (Phi) is 5.76. The molecule has 3 aromatic rings. The monoisotopic (exact) mass is 421 g/mol. The van der Waals surface area contributed by atoms with Crippen LogP contribution in [-0.2, 0) is 9.53 Å². The topological polar surface area (TPSA) is 72.3 Å². The first kappa shape index (κ1) is 20.0. The van der Waals surface area contributed by atoms with Crippen molar-refractivity contribution >= 4 is 23.3 Å². The Morgan fingerprint density at radius 1 is 1.20 bits per heavy atom. The van der Waals surface area contributed by atoms with E-state index >= 15 is 0 Å². The number of aryl methyl sites for hydroxylation is 1. The summed E-state index contributed by atoms with van der Waals surface area (Å²) in [7, 11) is 0. The van der Waals surface area contributed by atoms with Crippen molar-refractivity contribution in [3.63, 3.8) is 0 Å². The van der Waals surface area contributed by atoms with Gasteiger partial charge in [-0.05, 0) is 62.5 Å². The van der Waals surface area contributed by atoms with Gasteiger partial charge in [-0.25, -0.2) is 0 Å². The third kappa shape index (κ3) is 3.78. The number of nitrogens with zero attached hydrogens (tertiary/aromatic N) is 4. The van der Waals surface area contributed by atoms with Gasteiger partial charge in [0.2, 0.25) is 0 Å². The lowest BCUT2D eigenvalue weighted by molar-refractivity contribution is -0.143. The maximum absolute atomic E-state index is 12.3. The summed E-state index contributed by atoms with van der Waals surface area (Å²) in [6.45, 7) is 4.23. The van der Waals surface area contributed by atoms with Crippen molar-refractivity contribution in [2.24, 2.45) is 0 Å². The molecule has 8 heteroatoms. The van der Waals surface area contributed by atoms with Gasteiger partial charge in [-0.15, -0.1) is 0 Å². The van der Waals surface area contributed by atoms with E-state index in [-0.39, 0.29) is 24.6 Å². The van der Waals surface area contributed by atoms with E-state index in [1.54, 1.807) is 19.3 Å². The minimum atomic E-state index is -0.315. The Bertz CT molecular complexity index is 1040. The fourth-order valence-corrected chi connectivity index (χ4v) is 4.18. The van der Waals surface area contributed by atoms with Crippen LogP contribution in [0.2, 0.25) is 0 Å². The van der Waals surface area contributed by atoms with E-state index in [1.807, 2.05) is 48.4 Å². The molecule has 0 bridgehead atoms. The molecule has 0 radical (unpaired) electrons. The predicted octanol–water partition coefficient (Wildman–Crippen LogP) is 3.11. The zero-order valence-corrected chi connectivity index (χ0v) is 17.7. The fraction of sp³-hybridized carbons (Fsp3) is 0.273. The molecular weight excluding hydrogens is 398 g/mol. The van der Waals surface area contributed by atoms with Gasteiger partial charge in [0.05, 0.1) is 36.3 Å². The summed E-state index contributed by atoms with van der Waals surface area (Å²) < 4.78 is 7.34. The number of thiocarbonyl (C=S) groups is 1. The van der Waals surface area contributed by atoms with Gasteiger partial charge in [-0.1, -0.05) is 6.07 Å². The summed E-state index contributed by atoms with van der Waals surface area (Å²) in [4.78, 5) is 23.0. The van der Waals surface area contributed by atoms with Crippen molar-refractivity contribution in [1.82, 2.24) is 24.8 Å². The van der Waals surface area contributed by atoms with E-state index in [1.165, 1.54) is 0 Å². The highest BCUT2D eigenvalue weighted by Crippen LogP contribution is 2.40. The van der Waals surface area contributed by atoms with E-state index in [4.69, 9.17) is 17.0 Å². The third-order valence-corrected chi connectivity index (χ3v) is 5.47. The number of carbonyl (C=O) groups is 1. The molecule has 1 saturated heterocycles. The standard InChI is InChI=1S/C22H23N5O2S/c1-3-29-19(28)14-26-21(20(25-22(26)30)17-8-4-5-12-24-17)18-10-9-15(2)27(18)16-7-6-11-23-13-16/h4-13,20-21H,3,14H2,1-2H3,(H,25,30)/t20-,21+/m1/s1. The molecule has 1 aliphatic heterocycles. The Morgan fingerprint density at radius 2 is 2.07 bits per heavy atom. The van der Waals surface area contributed by atoms with Gasteiger partial charge in [0.1, 0.15) is 6.54 Å². The first-order valence-corrected chi connectivity index (χ1v) is 10.2. The molecule has 0 saturated carbocycles. The summed E-state index contributed by atoms with van der Waals surface area (Å²) >= 11 is 5.62. The normalized spacial score (nSPS) is 18.3. The van der Waals surface area contributed by atoms with Crippen LogP contribution >= 0.6 is 12.2 Å². The molecule has 0 amide bonds. The highest BCUT2D eigenvalue weighted by Gasteiger charge is 2.42. The fourth-order valence-electron chi connectivity index (χ4n) is 3.87. The summed E-state index contributed by atoms with van der Waals surface area (Å²) in [6.07, 6.45) is 5.33. The Labute approximate surface area is 180 Å². The van der Waals surface area contributed by atoms with Crippen molar-refractivity contribution in [2.75, 3.05) is 13.2 Å². The number of carbonyl (C=O) groups excluding carboxylic acids is 1. The van der Waals surface area contributed by atoms with E-state index in [0.717, 1.165) is 22.8 Å². The van der Waals surface area contributed by atoms with E-state index < -0.39 is 0 Å². The van der Waals surface area contributed by atoms with Crippen molar-refractivity contribution in [3.05, 3.63) is 78.1 Å². The van der Waals surface area contributed by atoms with Crippen LogP contribution in [0.3, 0.4) is 0 Å². The van der Waals surface area contributed by atoms with E-state index in [2.05, 4.69) is 32.0 Å². The summed E-state index contributed by atoms with van der Waals surface area (Å²) in [5, 5.41) is 3.86. The third-order valence-electron chi connectivity index (χ3n) is 5.12. The summed E-state index contributed by atoms with van der Waals surface area (Å²) in [5.74, 6) is -0.315. The summed E-state index contributed by atoms with van der Waals surface area (Å²) in [5.41, 5.74) is 3.86. The summed E-state index contributed by atoms with van der Waals surface area (Å²) in [6, 6.07) is 13.4. The van der Waals surface area contributed by atoms with Gasteiger partial charge in [0.15, 0.2) is 5.11 Å². The number of nitrogens with one attached hydrogen (secondary N) is 1. The molecule has 154 valence electrons. The average molecular weight is 422 g/mol. The number of aromatic nitrogens is 3. The van der Waals surface area contributed by atoms with Crippen LogP contribution in [0.1, 0.15) is 36.1 Å². The highest BCUT2D eigenvalue weighted by atomic mass is 32.1. The first-order chi connectivity index (χ1) is 14.6. The van der Waals surface area contributed by atoms with Crippen molar-refractivity contribution in [3.8, 4) is 5.69 Å². The van der Waals surface area contributed by atoms with Crippen LogP contribution in [0.15, 0.2) is 61.1 Å². The Balaban J connectivity index is 1.82. The molecule has 2 atom stereocenters. The van der Waals surface area contributed by atoms with Crippen LogP contribution in [-0.4, -0.2) is 43.7 Å². The minimum absolute atomic E-state index is 0.0605. The van der Waals surface area contributed by atoms with Gasteiger partial charge in [-0.2, -0.15) is 0 Å². The number of hydrogen-bond donors (Lipinski definition) is 1. The van der Waals surface area contributed by atoms with Gasteiger partial charge < -0.3 is 19.5 Å². The molecule has 30 heavy (non-hydrogen) atoms. The van der Waals surface area contributed by atoms with Crippen LogP contribution in [0.25, 0.3) is 5.69 Å². The number of ether oxygens (including phenoxy) is 1. The molecule has 0 aliphatic carbocycles. The second kappa shape index (κ2) is 8.62. The average Bonchev–Trinajstić information content (AvgIpc) is 3.29. The van der Waals surface area contributed by atoms with E-state index in [0.29, 0.717) is 11.7 Å². The highest BCUT2D eigenvalue weighted by molar-refractivity contribution is 7.80. The largest absolute Gasteiger partial charge is 0.465 e. The lowest BCUT2D eigenvalue weighted by Gasteiger charge is -2.28. The quantitative estimate of drug-likeness (QED) is 0.484. The van der Waals surface area contributed by atoms with Crippen LogP contribution < -0.4 is 5.32 Å². The SMILES string of the molecule is CCOC(=O)CN1C(=S)N[C@H](c2ccccn2)[C@@H]1c1ccc(C)n1-c1cccnc1. The minimum Gasteiger partial charge on any atom is -0.465 e. The van der Waals surface area contributed by atoms with Crippen molar-refractivity contribution in [1.29, 1.82) is 0 Å². The van der Waals surface area contributed by atoms with Crippen LogP contribution in [0, 0.1) is 6.92 Å². The Hall–Kier alpha value is -3.26. The second-order valence-corrected chi connectivity index (χ2v) is 7.39. The molecule has 0 spiro atoms. The lowest BCUT2D eigenvalue weighted by atomic mass is 10.0. The zero-order chi connectivity index (χ0) is 21.1. The van der Waals surface area contributed by atoms with E-state index in [9.17, 15) is 4.79 Å². The number of pyridine rings is 2. The number of esters is 1. The van der Waals surface area contributed by atoms with Gasteiger partial charge in [-0.3, -0.25) is 14.8 Å². The molecule has 0 aromatic carbocycles. The van der Waals surface area contributed by atoms with Crippen molar-refractivity contribution in [2.45, 2.75) is 25.9 Å². The van der Waals surface area contributed by atoms with Crippen molar-refractivity contribution < 1.29 is 9.53 Å². The molecule has 7 nitrogen and oxygen atoms in total. The number of hydrogen-bond acceptors (Lipinski definition) is 5. The predicted molar refractivity (Wildman–Crippen MR) is 117 cm³/mol. The van der Waals surface area contributed by atoms with Crippen LogP contribution in [0.5, 0.6) is 0 Å². The molecule has 1 N–H and O–H groups in total. The van der Waals surface area contributed by atoms with Crippen LogP contribution in [0.4, 0.5) is 0 Å². The molecule has 1 aliphatic rings. The van der Waals surface area contributed by atoms with Gasteiger partial charge >= 0.3 is 5.97 Å². The van der Waals surface area contributed by atoms with Gasteiger partial charge in [0.25, 0.3) is 0 Å². The molecule has 4 heterocycles. The molecule has 3 aromatic heterocycles. The molecule has 0 unspecified atom stereocenters. The molecule has 1 fully saturated rings. The maximum atomic E-state index is 12.3.